The smallest absolute Gasteiger partial charge is 0.319 e. The summed E-state index contributed by atoms with van der Waals surface area (Å²) in [6, 6.07) is 3.86. The van der Waals surface area contributed by atoms with Crippen LogP contribution in [0, 0.1) is 19.8 Å². The molecule has 0 bridgehead atoms. The molecule has 3 rings (SSSR count). The molecule has 4 N–H and O–H groups in total. The van der Waals surface area contributed by atoms with E-state index in [2.05, 4.69) is 50.7 Å². The summed E-state index contributed by atoms with van der Waals surface area (Å²) in [6.45, 7) is 8.83. The summed E-state index contributed by atoms with van der Waals surface area (Å²) in [5, 5.41) is 12.5. The molecule has 2 amide bonds. The molecule has 0 atom stereocenters. The summed E-state index contributed by atoms with van der Waals surface area (Å²) in [5.41, 5.74) is 5.48. The van der Waals surface area contributed by atoms with Crippen LogP contribution in [0.15, 0.2) is 18.3 Å². The Balaban J connectivity index is 1.86. The lowest BCUT2D eigenvalue weighted by Gasteiger charge is -2.08. The van der Waals surface area contributed by atoms with E-state index in [1.165, 1.54) is 11.1 Å². The van der Waals surface area contributed by atoms with Crippen molar-refractivity contribution in [2.75, 3.05) is 11.9 Å². The monoisotopic (exact) mass is 326 g/mol. The van der Waals surface area contributed by atoms with Gasteiger partial charge in [-0.1, -0.05) is 13.8 Å². The van der Waals surface area contributed by atoms with Gasteiger partial charge in [0, 0.05) is 6.54 Å². The third kappa shape index (κ3) is 3.24. The molecule has 0 radical (unpaired) electrons. The topological polar surface area (TPSA) is 98.5 Å². The second-order valence-corrected chi connectivity index (χ2v) is 6.43. The van der Waals surface area contributed by atoms with Crippen LogP contribution in [-0.2, 0) is 0 Å². The predicted octanol–water partition coefficient (Wildman–Crippen LogP) is 3.35. The van der Waals surface area contributed by atoms with Gasteiger partial charge in [-0.2, -0.15) is 5.10 Å². The fourth-order valence-corrected chi connectivity index (χ4v) is 2.41. The van der Waals surface area contributed by atoms with Crippen LogP contribution in [0.25, 0.3) is 22.6 Å². The average Bonchev–Trinajstić information content (AvgIpc) is 3.12. The van der Waals surface area contributed by atoms with Crippen LogP contribution < -0.4 is 10.6 Å². The summed E-state index contributed by atoms with van der Waals surface area (Å²) in [4.78, 5) is 19.8. The molecule has 7 nitrogen and oxygen atoms in total. The number of hydrogen-bond donors (Lipinski definition) is 4. The lowest BCUT2D eigenvalue weighted by atomic mass is 10.1. The van der Waals surface area contributed by atoms with Gasteiger partial charge in [0.05, 0.1) is 22.9 Å². The minimum absolute atomic E-state index is 0.255. The molecule has 2 heterocycles. The van der Waals surface area contributed by atoms with Gasteiger partial charge in [-0.05, 0) is 43.0 Å². The highest BCUT2D eigenvalue weighted by atomic mass is 16.2. The summed E-state index contributed by atoms with van der Waals surface area (Å²) in [6.07, 6.45) is 1.58. The van der Waals surface area contributed by atoms with Crippen molar-refractivity contribution in [3.63, 3.8) is 0 Å². The van der Waals surface area contributed by atoms with Gasteiger partial charge in [0.25, 0.3) is 0 Å². The number of hydrogen-bond acceptors (Lipinski definition) is 3. The number of fused-ring (bicyclic) bond motifs is 1. The van der Waals surface area contributed by atoms with Crippen molar-refractivity contribution in [2.24, 2.45) is 5.92 Å². The van der Waals surface area contributed by atoms with E-state index >= 15 is 0 Å². The number of aromatic amines is 2. The number of H-pyrrole nitrogens is 2. The molecule has 24 heavy (non-hydrogen) atoms. The molecule has 0 fully saturated rings. The first-order chi connectivity index (χ1) is 11.4. The van der Waals surface area contributed by atoms with E-state index in [4.69, 9.17) is 0 Å². The highest BCUT2D eigenvalue weighted by molar-refractivity contribution is 5.93. The van der Waals surface area contributed by atoms with Crippen molar-refractivity contribution >= 4 is 22.8 Å². The van der Waals surface area contributed by atoms with Gasteiger partial charge in [0.2, 0.25) is 0 Å². The molecule has 0 saturated carbocycles. The van der Waals surface area contributed by atoms with Gasteiger partial charge in [-0.25, -0.2) is 9.78 Å². The first-order valence-corrected chi connectivity index (χ1v) is 7.99. The normalized spacial score (nSPS) is 11.2. The van der Waals surface area contributed by atoms with Crippen molar-refractivity contribution < 1.29 is 4.79 Å². The fraction of sp³-hybridized carbons (Fsp3) is 0.353. The number of carbonyl (C=O) groups excluding carboxylic acids is 1. The maximum Gasteiger partial charge on any atom is 0.319 e. The maximum absolute atomic E-state index is 12.0. The molecule has 0 unspecified atom stereocenters. The van der Waals surface area contributed by atoms with Crippen molar-refractivity contribution in [2.45, 2.75) is 27.7 Å². The summed E-state index contributed by atoms with van der Waals surface area (Å²) in [7, 11) is 0. The molecular weight excluding hydrogens is 304 g/mol. The molecule has 0 saturated heterocycles. The van der Waals surface area contributed by atoms with Crippen LogP contribution in [-0.4, -0.2) is 32.7 Å². The number of benzene rings is 1. The van der Waals surface area contributed by atoms with Crippen molar-refractivity contribution in [1.29, 1.82) is 0 Å². The summed E-state index contributed by atoms with van der Waals surface area (Å²) < 4.78 is 0. The van der Waals surface area contributed by atoms with E-state index in [-0.39, 0.29) is 6.03 Å². The molecule has 126 valence electrons. The summed E-state index contributed by atoms with van der Waals surface area (Å²) in [5.74, 6) is 1.04. The Morgan fingerprint density at radius 1 is 1.25 bits per heavy atom. The number of amides is 2. The minimum atomic E-state index is -0.255. The van der Waals surface area contributed by atoms with E-state index < -0.39 is 0 Å². The SMILES string of the molecule is Cc1cc2nc(-c3[nH]ncc3NC(=O)NCC(C)C)[nH]c2cc1C. The third-order valence-corrected chi connectivity index (χ3v) is 3.89. The zero-order chi connectivity index (χ0) is 17.3. The molecule has 0 spiro atoms. The van der Waals surface area contributed by atoms with Crippen LogP contribution in [0.5, 0.6) is 0 Å². The highest BCUT2D eigenvalue weighted by Gasteiger charge is 2.15. The van der Waals surface area contributed by atoms with E-state index in [0.29, 0.717) is 29.7 Å². The Labute approximate surface area is 140 Å². The molecule has 0 aliphatic carbocycles. The number of aryl methyl sites for hydroxylation is 2. The predicted molar refractivity (Wildman–Crippen MR) is 95.0 cm³/mol. The third-order valence-electron chi connectivity index (χ3n) is 3.89. The van der Waals surface area contributed by atoms with Crippen LogP contribution in [0.3, 0.4) is 0 Å². The molecule has 0 aliphatic heterocycles. The zero-order valence-electron chi connectivity index (χ0n) is 14.3. The lowest BCUT2D eigenvalue weighted by molar-refractivity contribution is 0.251. The first kappa shape index (κ1) is 16.0. The fourth-order valence-electron chi connectivity index (χ4n) is 2.41. The largest absolute Gasteiger partial charge is 0.338 e. The highest BCUT2D eigenvalue weighted by Crippen LogP contribution is 2.26. The minimum Gasteiger partial charge on any atom is -0.338 e. The Morgan fingerprint density at radius 2 is 2.00 bits per heavy atom. The number of carbonyl (C=O) groups is 1. The van der Waals surface area contributed by atoms with Gasteiger partial charge < -0.3 is 15.6 Å². The summed E-state index contributed by atoms with van der Waals surface area (Å²) >= 11 is 0. The number of nitrogens with zero attached hydrogens (tertiary/aromatic N) is 2. The number of urea groups is 1. The van der Waals surface area contributed by atoms with Crippen LogP contribution in [0.4, 0.5) is 10.5 Å². The van der Waals surface area contributed by atoms with Gasteiger partial charge >= 0.3 is 6.03 Å². The number of anilines is 1. The Morgan fingerprint density at radius 3 is 2.75 bits per heavy atom. The second kappa shape index (κ2) is 6.35. The van der Waals surface area contributed by atoms with Crippen molar-refractivity contribution in [3.05, 3.63) is 29.5 Å². The molecule has 0 aliphatic rings. The van der Waals surface area contributed by atoms with Gasteiger partial charge in [-0.3, -0.25) is 5.10 Å². The van der Waals surface area contributed by atoms with Crippen molar-refractivity contribution in [3.8, 4) is 11.5 Å². The quantitative estimate of drug-likeness (QED) is 0.591. The first-order valence-electron chi connectivity index (χ1n) is 7.99. The van der Waals surface area contributed by atoms with Gasteiger partial charge in [0.15, 0.2) is 5.82 Å². The van der Waals surface area contributed by atoms with E-state index in [1.54, 1.807) is 6.20 Å². The molecule has 7 heteroatoms. The Bertz CT molecular complexity index is 837. The molecular formula is C17H22N6O. The molecule has 3 aromatic rings. The van der Waals surface area contributed by atoms with Crippen molar-refractivity contribution in [1.82, 2.24) is 25.5 Å². The number of rotatable bonds is 4. The lowest BCUT2D eigenvalue weighted by Crippen LogP contribution is -2.31. The maximum atomic E-state index is 12.0. The van der Waals surface area contributed by atoms with Crippen LogP contribution in [0.2, 0.25) is 0 Å². The van der Waals surface area contributed by atoms with E-state index in [9.17, 15) is 4.79 Å². The Kier molecular flexibility index (Phi) is 4.24. The standard InChI is InChI=1S/C17H22N6O/c1-9(2)7-18-17(24)22-14-8-19-23-15(14)16-20-12-5-10(3)11(4)6-13(12)21-16/h5-6,8-9H,7H2,1-4H3,(H,19,23)(H,20,21)(H2,18,22,24). The average molecular weight is 326 g/mol. The van der Waals surface area contributed by atoms with E-state index in [0.717, 1.165) is 11.0 Å². The number of nitrogens with one attached hydrogen (secondary N) is 4. The number of imidazole rings is 1. The zero-order valence-corrected chi connectivity index (χ0v) is 14.3. The van der Waals surface area contributed by atoms with Gasteiger partial charge in [0.1, 0.15) is 5.69 Å². The second-order valence-electron chi connectivity index (χ2n) is 6.43. The van der Waals surface area contributed by atoms with Gasteiger partial charge in [-0.15, -0.1) is 0 Å². The van der Waals surface area contributed by atoms with Crippen LogP contribution in [0.1, 0.15) is 25.0 Å². The molecule has 1 aromatic carbocycles. The van der Waals surface area contributed by atoms with Crippen LogP contribution >= 0.6 is 0 Å². The van der Waals surface area contributed by atoms with E-state index in [1.807, 2.05) is 19.9 Å². The molecule has 2 aromatic heterocycles. The number of aromatic nitrogens is 4. The Hall–Kier alpha value is -2.83.